The number of carbonyl (C=O) groups excluding carboxylic acids is 1. The maximum atomic E-state index is 11.7. The Morgan fingerprint density at radius 1 is 1.29 bits per heavy atom. The highest BCUT2D eigenvalue weighted by atomic mass is 32.1. The van der Waals surface area contributed by atoms with Crippen LogP contribution in [0.15, 0.2) is 40.8 Å². The molecular formula is C14H12N2O4S. The maximum absolute atomic E-state index is 11.7. The molecule has 21 heavy (non-hydrogen) atoms. The summed E-state index contributed by atoms with van der Waals surface area (Å²) in [7, 11) is 0. The van der Waals surface area contributed by atoms with Crippen LogP contribution in [0.5, 0.6) is 5.75 Å². The number of amides is 1. The molecule has 0 saturated carbocycles. The molecule has 0 aliphatic carbocycles. The van der Waals surface area contributed by atoms with Crippen molar-refractivity contribution < 1.29 is 19.8 Å². The van der Waals surface area contributed by atoms with E-state index in [0.717, 1.165) is 6.07 Å². The summed E-state index contributed by atoms with van der Waals surface area (Å²) in [6.07, 6.45) is 0. The number of carbonyl (C=O) groups is 2. The number of nitrogens with zero attached hydrogens (tertiary/aromatic N) is 1. The van der Waals surface area contributed by atoms with Gasteiger partial charge in [0.2, 0.25) is 0 Å². The van der Waals surface area contributed by atoms with E-state index in [9.17, 15) is 14.7 Å². The number of carboxylic acids is 1. The predicted octanol–water partition coefficient (Wildman–Crippen LogP) is 2.31. The van der Waals surface area contributed by atoms with Gasteiger partial charge in [-0.05, 0) is 36.6 Å². The lowest BCUT2D eigenvalue weighted by Crippen LogP contribution is -2.18. The van der Waals surface area contributed by atoms with Gasteiger partial charge in [0.05, 0.1) is 16.2 Å². The van der Waals surface area contributed by atoms with E-state index in [1.807, 2.05) is 0 Å². The second kappa shape index (κ2) is 6.19. The van der Waals surface area contributed by atoms with Crippen molar-refractivity contribution in [3.05, 3.63) is 51.7 Å². The summed E-state index contributed by atoms with van der Waals surface area (Å²) in [4.78, 5) is 23.0. The van der Waals surface area contributed by atoms with Crippen LogP contribution in [-0.4, -0.2) is 27.8 Å². The molecule has 0 aliphatic rings. The quantitative estimate of drug-likeness (QED) is 0.596. The van der Waals surface area contributed by atoms with Crippen LogP contribution in [0.3, 0.4) is 0 Å². The number of aromatic hydroxyl groups is 1. The molecule has 2 aromatic rings. The van der Waals surface area contributed by atoms with Gasteiger partial charge in [-0.3, -0.25) is 4.79 Å². The van der Waals surface area contributed by atoms with Crippen molar-refractivity contribution in [2.45, 2.75) is 6.92 Å². The molecule has 0 aliphatic heterocycles. The maximum Gasteiger partial charge on any atom is 0.335 e. The average molecular weight is 304 g/mol. The van der Waals surface area contributed by atoms with Crippen LogP contribution in [-0.2, 0) is 0 Å². The molecule has 1 amide bonds. The zero-order valence-electron chi connectivity index (χ0n) is 11.0. The molecular weight excluding hydrogens is 292 g/mol. The number of hydrogen-bond donors (Lipinski definition) is 3. The lowest BCUT2D eigenvalue weighted by molar-refractivity contribution is 0.0696. The molecule has 0 saturated heterocycles. The van der Waals surface area contributed by atoms with Crippen molar-refractivity contribution in [3.63, 3.8) is 0 Å². The van der Waals surface area contributed by atoms with Crippen LogP contribution < -0.4 is 5.43 Å². The van der Waals surface area contributed by atoms with Crippen LogP contribution in [0.4, 0.5) is 0 Å². The van der Waals surface area contributed by atoms with Gasteiger partial charge in [0.15, 0.2) is 0 Å². The fraction of sp³-hybridized carbons (Fsp3) is 0.0714. The number of nitrogens with one attached hydrogen (secondary N) is 1. The molecule has 1 heterocycles. The molecule has 0 atom stereocenters. The Morgan fingerprint density at radius 3 is 2.62 bits per heavy atom. The van der Waals surface area contributed by atoms with Gasteiger partial charge in [-0.1, -0.05) is 6.07 Å². The number of thiophene rings is 1. The highest BCUT2D eigenvalue weighted by Crippen LogP contribution is 2.19. The molecule has 108 valence electrons. The van der Waals surface area contributed by atoms with E-state index in [1.54, 1.807) is 24.4 Å². The number of benzene rings is 1. The SMILES string of the molecule is C/C(=N\NC(=O)c1cccs1)c1ccc(C(=O)O)cc1O. The van der Waals surface area contributed by atoms with Gasteiger partial charge < -0.3 is 10.2 Å². The van der Waals surface area contributed by atoms with E-state index >= 15 is 0 Å². The Kier molecular flexibility index (Phi) is 4.34. The molecule has 3 N–H and O–H groups in total. The van der Waals surface area contributed by atoms with E-state index < -0.39 is 5.97 Å². The Balaban J connectivity index is 2.16. The Bertz CT molecular complexity index is 708. The summed E-state index contributed by atoms with van der Waals surface area (Å²) in [6, 6.07) is 7.36. The van der Waals surface area contributed by atoms with Crippen molar-refractivity contribution in [2.75, 3.05) is 0 Å². The molecule has 1 aromatic carbocycles. The Morgan fingerprint density at radius 2 is 2.05 bits per heavy atom. The number of phenolic OH excluding ortho intramolecular Hbond substituents is 1. The summed E-state index contributed by atoms with van der Waals surface area (Å²) in [5, 5.41) is 24.3. The zero-order valence-corrected chi connectivity index (χ0v) is 11.8. The fourth-order valence-corrected chi connectivity index (χ4v) is 2.24. The van der Waals surface area contributed by atoms with Gasteiger partial charge in [0.1, 0.15) is 5.75 Å². The van der Waals surface area contributed by atoms with Crippen LogP contribution in [0.1, 0.15) is 32.5 Å². The normalized spacial score (nSPS) is 11.2. The molecule has 7 heteroatoms. The molecule has 0 unspecified atom stereocenters. The molecule has 0 radical (unpaired) electrons. The molecule has 0 fully saturated rings. The summed E-state index contributed by atoms with van der Waals surface area (Å²) < 4.78 is 0. The lowest BCUT2D eigenvalue weighted by Gasteiger charge is -2.05. The van der Waals surface area contributed by atoms with Crippen molar-refractivity contribution in [1.29, 1.82) is 0 Å². The van der Waals surface area contributed by atoms with Crippen molar-refractivity contribution in [1.82, 2.24) is 5.43 Å². The Hall–Kier alpha value is -2.67. The van der Waals surface area contributed by atoms with E-state index in [4.69, 9.17) is 5.11 Å². The summed E-state index contributed by atoms with van der Waals surface area (Å²) >= 11 is 1.29. The third kappa shape index (κ3) is 3.46. The first kappa shape index (κ1) is 14.7. The lowest BCUT2D eigenvalue weighted by atomic mass is 10.1. The van der Waals surface area contributed by atoms with Gasteiger partial charge in [-0.2, -0.15) is 5.10 Å². The number of hydrogen-bond acceptors (Lipinski definition) is 5. The van der Waals surface area contributed by atoms with E-state index in [1.165, 1.54) is 23.5 Å². The van der Waals surface area contributed by atoms with Gasteiger partial charge in [-0.15, -0.1) is 11.3 Å². The molecule has 1 aromatic heterocycles. The fourth-order valence-electron chi connectivity index (χ4n) is 1.63. The molecule has 0 bridgehead atoms. The number of carboxylic acid groups (broad SMARTS) is 1. The second-order valence-corrected chi connectivity index (χ2v) is 5.10. The Labute approximate surface area is 124 Å². The summed E-state index contributed by atoms with van der Waals surface area (Å²) in [5.41, 5.74) is 3.08. The average Bonchev–Trinajstić information content (AvgIpc) is 2.98. The minimum atomic E-state index is -1.13. The summed E-state index contributed by atoms with van der Waals surface area (Å²) in [5.74, 6) is -1.68. The third-order valence-electron chi connectivity index (χ3n) is 2.70. The van der Waals surface area contributed by atoms with Gasteiger partial charge in [0, 0.05) is 5.56 Å². The van der Waals surface area contributed by atoms with Crippen LogP contribution in [0.25, 0.3) is 0 Å². The van der Waals surface area contributed by atoms with Gasteiger partial charge >= 0.3 is 5.97 Å². The highest BCUT2D eigenvalue weighted by Gasteiger charge is 2.10. The first-order chi connectivity index (χ1) is 9.99. The largest absolute Gasteiger partial charge is 0.507 e. The van der Waals surface area contributed by atoms with Gasteiger partial charge in [0.25, 0.3) is 5.91 Å². The predicted molar refractivity (Wildman–Crippen MR) is 79.1 cm³/mol. The van der Waals surface area contributed by atoms with Gasteiger partial charge in [-0.25, -0.2) is 10.2 Å². The second-order valence-electron chi connectivity index (χ2n) is 4.15. The number of aromatic carboxylic acids is 1. The number of rotatable bonds is 4. The van der Waals surface area contributed by atoms with E-state index in [0.29, 0.717) is 16.2 Å². The van der Waals surface area contributed by atoms with E-state index in [2.05, 4.69) is 10.5 Å². The topological polar surface area (TPSA) is 99.0 Å². The van der Waals surface area contributed by atoms with E-state index in [-0.39, 0.29) is 17.2 Å². The van der Waals surface area contributed by atoms with Crippen LogP contribution >= 0.6 is 11.3 Å². The smallest absolute Gasteiger partial charge is 0.335 e. The minimum absolute atomic E-state index is 0.0216. The van der Waals surface area contributed by atoms with Crippen molar-refractivity contribution >= 4 is 28.9 Å². The standard InChI is InChI=1S/C14H12N2O4S/c1-8(15-16-13(18)12-3-2-6-21-12)10-5-4-9(14(19)20)7-11(10)17/h2-7,17H,1H3,(H,16,18)(H,19,20)/b15-8+. The van der Waals surface area contributed by atoms with Crippen LogP contribution in [0, 0.1) is 0 Å². The summed E-state index contributed by atoms with van der Waals surface area (Å²) in [6.45, 7) is 1.60. The van der Waals surface area contributed by atoms with Crippen molar-refractivity contribution in [2.24, 2.45) is 5.10 Å². The molecule has 0 spiro atoms. The first-order valence-electron chi connectivity index (χ1n) is 5.94. The zero-order chi connectivity index (χ0) is 15.4. The molecule has 2 rings (SSSR count). The van der Waals surface area contributed by atoms with Crippen LogP contribution in [0.2, 0.25) is 0 Å². The number of phenols is 1. The monoisotopic (exact) mass is 304 g/mol. The third-order valence-corrected chi connectivity index (χ3v) is 3.57. The minimum Gasteiger partial charge on any atom is -0.507 e. The molecule has 6 nitrogen and oxygen atoms in total. The highest BCUT2D eigenvalue weighted by molar-refractivity contribution is 7.12. The van der Waals surface area contributed by atoms with Crippen molar-refractivity contribution in [3.8, 4) is 5.75 Å². The number of hydrazone groups is 1. The first-order valence-corrected chi connectivity index (χ1v) is 6.82.